The number of amides is 2. The monoisotopic (exact) mass is 280 g/mol. The fourth-order valence-electron chi connectivity index (χ4n) is 3.86. The van der Waals surface area contributed by atoms with Crippen molar-refractivity contribution >= 4 is 11.8 Å². The Morgan fingerprint density at radius 2 is 1.70 bits per heavy atom. The van der Waals surface area contributed by atoms with Crippen LogP contribution in [-0.4, -0.2) is 34.3 Å². The second kappa shape index (κ2) is 5.74. The number of nitrogens with zero attached hydrogens (tertiary/aromatic N) is 1. The summed E-state index contributed by atoms with van der Waals surface area (Å²) in [6, 6.07) is 0. The molecule has 114 valence electrons. The van der Waals surface area contributed by atoms with E-state index in [1.807, 2.05) is 18.7 Å². The second-order valence-corrected chi connectivity index (χ2v) is 6.29. The maximum absolute atomic E-state index is 13.0. The van der Waals surface area contributed by atoms with Gasteiger partial charge in [0, 0.05) is 6.54 Å². The van der Waals surface area contributed by atoms with Crippen LogP contribution in [0.2, 0.25) is 0 Å². The van der Waals surface area contributed by atoms with E-state index in [1.165, 1.54) is 0 Å². The summed E-state index contributed by atoms with van der Waals surface area (Å²) in [6.45, 7) is 6.87. The van der Waals surface area contributed by atoms with E-state index in [1.54, 1.807) is 0 Å². The van der Waals surface area contributed by atoms with E-state index in [9.17, 15) is 9.59 Å². The lowest BCUT2D eigenvalue weighted by atomic mass is 9.80. The Labute approximate surface area is 122 Å². The van der Waals surface area contributed by atoms with Gasteiger partial charge in [0.2, 0.25) is 11.8 Å². The van der Waals surface area contributed by atoms with Crippen LogP contribution in [0, 0.1) is 0 Å². The molecule has 4 nitrogen and oxygen atoms in total. The predicted molar refractivity (Wildman–Crippen MR) is 79.3 cm³/mol. The Hall–Kier alpha value is -1.06. The molecular formula is C16H28N2O2. The minimum Gasteiger partial charge on any atom is -0.340 e. The van der Waals surface area contributed by atoms with E-state index in [0.717, 1.165) is 38.5 Å². The molecule has 1 spiro atoms. The van der Waals surface area contributed by atoms with Crippen molar-refractivity contribution in [2.24, 2.45) is 0 Å². The van der Waals surface area contributed by atoms with Crippen LogP contribution in [-0.2, 0) is 9.59 Å². The number of carbonyl (C=O) groups excluding carboxylic acids is 2. The molecule has 0 radical (unpaired) electrons. The molecule has 1 N–H and O–H groups in total. The number of hydrogen-bond acceptors (Lipinski definition) is 2. The van der Waals surface area contributed by atoms with Gasteiger partial charge < -0.3 is 10.2 Å². The number of unbranched alkanes of at least 4 members (excludes halogenated alkanes) is 1. The third-order valence-electron chi connectivity index (χ3n) is 5.31. The van der Waals surface area contributed by atoms with Crippen molar-refractivity contribution in [2.45, 2.75) is 83.2 Å². The Kier molecular flexibility index (Phi) is 4.40. The van der Waals surface area contributed by atoms with Crippen LogP contribution in [0.25, 0.3) is 0 Å². The van der Waals surface area contributed by atoms with Crippen LogP contribution in [0.3, 0.4) is 0 Å². The van der Waals surface area contributed by atoms with Crippen LogP contribution in [0.15, 0.2) is 0 Å². The smallest absolute Gasteiger partial charge is 0.249 e. The molecule has 2 fully saturated rings. The van der Waals surface area contributed by atoms with Gasteiger partial charge in [-0.1, -0.05) is 40.0 Å². The lowest BCUT2D eigenvalue weighted by Gasteiger charge is -2.51. The van der Waals surface area contributed by atoms with Gasteiger partial charge in [-0.2, -0.15) is 0 Å². The van der Waals surface area contributed by atoms with Crippen LogP contribution in [0.5, 0.6) is 0 Å². The summed E-state index contributed by atoms with van der Waals surface area (Å²) in [6.07, 6.45) is 7.10. The van der Waals surface area contributed by atoms with Crippen molar-refractivity contribution in [3.05, 3.63) is 0 Å². The van der Waals surface area contributed by atoms with Gasteiger partial charge in [-0.3, -0.25) is 9.59 Å². The zero-order chi connectivity index (χ0) is 14.8. The highest BCUT2D eigenvalue weighted by Crippen LogP contribution is 2.39. The Morgan fingerprint density at radius 1 is 1.10 bits per heavy atom. The number of rotatable bonds is 5. The summed E-state index contributed by atoms with van der Waals surface area (Å²) in [5.74, 6) is 0.242. The minimum absolute atomic E-state index is 0.0695. The van der Waals surface area contributed by atoms with Crippen molar-refractivity contribution in [2.75, 3.05) is 6.54 Å². The molecule has 2 rings (SSSR count). The lowest BCUT2D eigenvalue weighted by molar-refractivity contribution is -0.164. The minimum atomic E-state index is -0.625. The standard InChI is InChI=1S/C16H28N2O2/c1-4-7-12-18-14(20)15(10-8-9-11-15)17-13(19)16(18,5-2)6-3/h4-12H2,1-3H3,(H,17,19). The van der Waals surface area contributed by atoms with Gasteiger partial charge in [0.05, 0.1) is 0 Å². The highest BCUT2D eigenvalue weighted by Gasteiger charge is 2.57. The van der Waals surface area contributed by atoms with Crippen molar-refractivity contribution < 1.29 is 9.59 Å². The van der Waals surface area contributed by atoms with Gasteiger partial charge in [0.1, 0.15) is 11.1 Å². The Balaban J connectivity index is 2.35. The molecule has 0 unspecified atom stereocenters. The van der Waals surface area contributed by atoms with Gasteiger partial charge in [-0.05, 0) is 32.1 Å². The van der Waals surface area contributed by atoms with E-state index in [2.05, 4.69) is 12.2 Å². The van der Waals surface area contributed by atoms with E-state index in [0.29, 0.717) is 19.4 Å². The molecule has 2 aliphatic rings. The van der Waals surface area contributed by atoms with Crippen molar-refractivity contribution in [3.8, 4) is 0 Å². The third-order valence-corrected chi connectivity index (χ3v) is 5.31. The maximum atomic E-state index is 13.0. The largest absolute Gasteiger partial charge is 0.340 e. The van der Waals surface area contributed by atoms with Gasteiger partial charge in [-0.15, -0.1) is 0 Å². The molecule has 20 heavy (non-hydrogen) atoms. The van der Waals surface area contributed by atoms with Gasteiger partial charge in [0.25, 0.3) is 0 Å². The average molecular weight is 280 g/mol. The molecule has 1 heterocycles. The Bertz CT molecular complexity index is 382. The average Bonchev–Trinajstić information content (AvgIpc) is 2.91. The number of piperazine rings is 1. The summed E-state index contributed by atoms with van der Waals surface area (Å²) >= 11 is 0. The first kappa shape index (κ1) is 15.3. The molecule has 0 atom stereocenters. The van der Waals surface area contributed by atoms with E-state index >= 15 is 0 Å². The Morgan fingerprint density at radius 3 is 2.20 bits per heavy atom. The van der Waals surface area contributed by atoms with Crippen LogP contribution in [0.4, 0.5) is 0 Å². The third kappa shape index (κ3) is 2.13. The molecule has 1 aliphatic carbocycles. The zero-order valence-corrected chi connectivity index (χ0v) is 13.1. The fraction of sp³-hybridized carbons (Fsp3) is 0.875. The zero-order valence-electron chi connectivity index (χ0n) is 13.1. The first-order valence-corrected chi connectivity index (χ1v) is 8.21. The molecule has 2 amide bonds. The molecule has 0 bridgehead atoms. The SMILES string of the molecule is CCCCN1C(=O)C2(CCCC2)NC(=O)C1(CC)CC. The van der Waals surface area contributed by atoms with Crippen molar-refractivity contribution in [1.82, 2.24) is 10.2 Å². The molecule has 0 aromatic heterocycles. The summed E-state index contributed by atoms with van der Waals surface area (Å²) in [5, 5.41) is 3.11. The molecule has 1 saturated heterocycles. The fourth-order valence-corrected chi connectivity index (χ4v) is 3.86. The summed E-state index contributed by atoms with van der Waals surface area (Å²) in [4.78, 5) is 27.7. The van der Waals surface area contributed by atoms with Gasteiger partial charge in [-0.25, -0.2) is 0 Å². The van der Waals surface area contributed by atoms with Gasteiger partial charge >= 0.3 is 0 Å². The van der Waals surface area contributed by atoms with Crippen molar-refractivity contribution in [1.29, 1.82) is 0 Å². The number of hydrogen-bond donors (Lipinski definition) is 1. The summed E-state index contributed by atoms with van der Waals surface area (Å²) < 4.78 is 0. The number of nitrogens with one attached hydrogen (secondary N) is 1. The van der Waals surface area contributed by atoms with E-state index in [4.69, 9.17) is 0 Å². The van der Waals surface area contributed by atoms with E-state index in [-0.39, 0.29) is 11.8 Å². The van der Waals surface area contributed by atoms with E-state index < -0.39 is 11.1 Å². The van der Waals surface area contributed by atoms with Gasteiger partial charge in [0.15, 0.2) is 0 Å². The van der Waals surface area contributed by atoms with Crippen LogP contribution >= 0.6 is 0 Å². The summed E-state index contributed by atoms with van der Waals surface area (Å²) in [7, 11) is 0. The van der Waals surface area contributed by atoms with Crippen LogP contribution < -0.4 is 5.32 Å². The second-order valence-electron chi connectivity index (χ2n) is 6.29. The molecule has 0 aromatic rings. The lowest BCUT2D eigenvalue weighted by Crippen LogP contribution is -2.75. The molecule has 0 aromatic carbocycles. The first-order chi connectivity index (χ1) is 9.56. The quantitative estimate of drug-likeness (QED) is 0.841. The highest BCUT2D eigenvalue weighted by atomic mass is 16.2. The number of carbonyl (C=O) groups is 2. The predicted octanol–water partition coefficient (Wildman–Crippen LogP) is 2.62. The van der Waals surface area contributed by atoms with Crippen molar-refractivity contribution in [3.63, 3.8) is 0 Å². The highest BCUT2D eigenvalue weighted by molar-refractivity contribution is 6.02. The topological polar surface area (TPSA) is 49.4 Å². The summed E-state index contributed by atoms with van der Waals surface area (Å²) in [5.41, 5.74) is -1.21. The van der Waals surface area contributed by atoms with Crippen LogP contribution in [0.1, 0.15) is 72.1 Å². The molecule has 1 saturated carbocycles. The first-order valence-electron chi connectivity index (χ1n) is 8.21. The molecule has 1 aliphatic heterocycles. The molecular weight excluding hydrogens is 252 g/mol. The maximum Gasteiger partial charge on any atom is 0.249 e. The molecule has 4 heteroatoms. The normalized spacial score (nSPS) is 24.2.